The van der Waals surface area contributed by atoms with Crippen LogP contribution in [0.4, 0.5) is 4.39 Å². The third kappa shape index (κ3) is 5.61. The van der Waals surface area contributed by atoms with Gasteiger partial charge in [-0.05, 0) is 29.8 Å². The maximum Gasteiger partial charge on any atom is 0.255 e. The lowest BCUT2D eigenvalue weighted by atomic mass is 9.94. The second kappa shape index (κ2) is 11.9. The molecule has 4 aromatic rings. The maximum atomic E-state index is 14.7. The molecule has 0 saturated carbocycles. The Morgan fingerprint density at radius 1 is 1.24 bits per heavy atom. The molecule has 0 aliphatic rings. The molecule has 11 heteroatoms. The van der Waals surface area contributed by atoms with Crippen LogP contribution >= 0.6 is 0 Å². The second-order valence-corrected chi connectivity index (χ2v) is 8.34. The SMILES string of the molecule is COCC(c1ccc(Cn2ccccc2=O)nc1)c1n[nH]cc1C(=O)NCc1c(C#N)ccc(OC)c1F. The Morgan fingerprint density at radius 3 is 2.76 bits per heavy atom. The van der Waals surface area contributed by atoms with Crippen LogP contribution in [0.5, 0.6) is 5.75 Å². The zero-order chi connectivity index (χ0) is 27.1. The lowest BCUT2D eigenvalue weighted by Gasteiger charge is -2.17. The molecule has 0 radical (unpaired) electrons. The second-order valence-electron chi connectivity index (χ2n) is 8.34. The average molecular weight is 517 g/mol. The Bertz CT molecular complexity index is 1520. The van der Waals surface area contributed by atoms with E-state index in [2.05, 4.69) is 20.5 Å². The molecule has 1 aromatic carbocycles. The molecule has 1 atom stereocenters. The van der Waals surface area contributed by atoms with Gasteiger partial charge in [0.1, 0.15) is 0 Å². The van der Waals surface area contributed by atoms with Crippen LogP contribution in [0, 0.1) is 17.1 Å². The van der Waals surface area contributed by atoms with Gasteiger partial charge in [0, 0.05) is 43.9 Å². The van der Waals surface area contributed by atoms with Crippen molar-refractivity contribution in [2.45, 2.75) is 19.0 Å². The van der Waals surface area contributed by atoms with Gasteiger partial charge in [0.25, 0.3) is 11.5 Å². The Morgan fingerprint density at radius 2 is 2.08 bits per heavy atom. The number of halogens is 1. The molecule has 3 aromatic heterocycles. The highest BCUT2D eigenvalue weighted by molar-refractivity contribution is 5.95. The van der Waals surface area contributed by atoms with Crippen molar-refractivity contribution in [1.82, 2.24) is 25.1 Å². The molecule has 1 unspecified atom stereocenters. The summed E-state index contributed by atoms with van der Waals surface area (Å²) < 4.78 is 26.7. The van der Waals surface area contributed by atoms with Gasteiger partial charge in [0.15, 0.2) is 11.6 Å². The van der Waals surface area contributed by atoms with E-state index in [1.807, 2.05) is 12.1 Å². The molecule has 0 bridgehead atoms. The van der Waals surface area contributed by atoms with E-state index in [9.17, 15) is 19.2 Å². The Balaban J connectivity index is 1.54. The predicted molar refractivity (Wildman–Crippen MR) is 135 cm³/mol. The minimum absolute atomic E-state index is 0.0227. The number of H-pyrrole nitrogens is 1. The van der Waals surface area contributed by atoms with Crippen LogP contribution in [-0.2, 0) is 17.8 Å². The van der Waals surface area contributed by atoms with E-state index < -0.39 is 17.6 Å². The summed E-state index contributed by atoms with van der Waals surface area (Å²) in [5.41, 5.74) is 2.10. The predicted octanol–water partition coefficient (Wildman–Crippen LogP) is 2.74. The molecular formula is C27H25FN6O4. The van der Waals surface area contributed by atoms with Gasteiger partial charge >= 0.3 is 0 Å². The van der Waals surface area contributed by atoms with E-state index in [0.717, 1.165) is 5.56 Å². The van der Waals surface area contributed by atoms with Gasteiger partial charge < -0.3 is 19.4 Å². The van der Waals surface area contributed by atoms with E-state index in [-0.39, 0.29) is 41.2 Å². The third-order valence-corrected chi connectivity index (χ3v) is 6.03. The number of rotatable bonds is 10. The summed E-state index contributed by atoms with van der Waals surface area (Å²) in [6, 6.07) is 13.3. The van der Waals surface area contributed by atoms with Crippen molar-refractivity contribution >= 4 is 5.91 Å². The van der Waals surface area contributed by atoms with Gasteiger partial charge in [-0.2, -0.15) is 10.4 Å². The summed E-state index contributed by atoms with van der Waals surface area (Å²) in [5, 5.41) is 19.0. The standard InChI is InChI=1S/C27H25FN6O4/c1-37-16-22(18-6-8-19(30-12-18)15-34-10-4-3-5-24(34)35)26-21(14-32-33-26)27(36)31-13-20-17(11-29)7-9-23(38-2)25(20)28/h3-10,12,14,22H,13,15-16H2,1-2H3,(H,31,36)(H,32,33). The van der Waals surface area contributed by atoms with Crippen molar-refractivity contribution in [3.63, 3.8) is 0 Å². The van der Waals surface area contributed by atoms with E-state index in [4.69, 9.17) is 9.47 Å². The van der Waals surface area contributed by atoms with Gasteiger partial charge in [-0.25, -0.2) is 4.39 Å². The van der Waals surface area contributed by atoms with Crippen LogP contribution in [0.15, 0.2) is 65.8 Å². The van der Waals surface area contributed by atoms with E-state index >= 15 is 0 Å². The molecule has 0 aliphatic carbocycles. The minimum Gasteiger partial charge on any atom is -0.494 e. The summed E-state index contributed by atoms with van der Waals surface area (Å²) in [6.07, 6.45) is 4.80. The summed E-state index contributed by atoms with van der Waals surface area (Å²) in [7, 11) is 2.86. The number of nitrogens with one attached hydrogen (secondary N) is 2. The van der Waals surface area contributed by atoms with Crippen LogP contribution in [0.3, 0.4) is 0 Å². The van der Waals surface area contributed by atoms with Crippen molar-refractivity contribution in [2.24, 2.45) is 0 Å². The Hall–Kier alpha value is -4.82. The third-order valence-electron chi connectivity index (χ3n) is 6.03. The van der Waals surface area contributed by atoms with E-state index in [0.29, 0.717) is 17.9 Å². The number of amides is 1. The van der Waals surface area contributed by atoms with Crippen LogP contribution < -0.4 is 15.6 Å². The smallest absolute Gasteiger partial charge is 0.255 e. The van der Waals surface area contributed by atoms with Crippen molar-refractivity contribution in [2.75, 3.05) is 20.8 Å². The first-order valence-electron chi connectivity index (χ1n) is 11.6. The molecule has 2 N–H and O–H groups in total. The fourth-order valence-corrected chi connectivity index (χ4v) is 4.05. The van der Waals surface area contributed by atoms with E-state index in [1.54, 1.807) is 35.2 Å². The maximum absolute atomic E-state index is 14.7. The first-order valence-corrected chi connectivity index (χ1v) is 11.6. The highest BCUT2D eigenvalue weighted by Crippen LogP contribution is 2.27. The first-order chi connectivity index (χ1) is 18.5. The number of carbonyl (C=O) groups is 1. The topological polar surface area (TPSA) is 135 Å². The number of benzene rings is 1. The van der Waals surface area contributed by atoms with Crippen molar-refractivity contribution < 1.29 is 18.7 Å². The van der Waals surface area contributed by atoms with Crippen molar-refractivity contribution in [1.29, 1.82) is 5.26 Å². The molecule has 10 nitrogen and oxygen atoms in total. The number of carbonyl (C=O) groups excluding carboxylic acids is 1. The van der Waals surface area contributed by atoms with Crippen LogP contribution in [0.1, 0.15) is 44.4 Å². The molecule has 0 fully saturated rings. The van der Waals surface area contributed by atoms with Crippen molar-refractivity contribution in [3.8, 4) is 11.8 Å². The molecular weight excluding hydrogens is 491 g/mol. The molecule has 38 heavy (non-hydrogen) atoms. The van der Waals surface area contributed by atoms with Gasteiger partial charge in [-0.3, -0.25) is 19.7 Å². The Labute approximate surface area is 217 Å². The van der Waals surface area contributed by atoms with Crippen LogP contribution in [-0.4, -0.2) is 46.5 Å². The molecule has 3 heterocycles. The fourth-order valence-electron chi connectivity index (χ4n) is 4.05. The molecule has 1 amide bonds. The van der Waals surface area contributed by atoms with Crippen molar-refractivity contribution in [3.05, 3.63) is 111 Å². The number of hydrogen-bond acceptors (Lipinski definition) is 7. The average Bonchev–Trinajstić information content (AvgIpc) is 3.42. The lowest BCUT2D eigenvalue weighted by molar-refractivity contribution is 0.0948. The monoisotopic (exact) mass is 516 g/mol. The zero-order valence-electron chi connectivity index (χ0n) is 20.8. The number of ether oxygens (including phenoxy) is 2. The molecule has 0 aliphatic heterocycles. The largest absolute Gasteiger partial charge is 0.494 e. The fraction of sp³-hybridized carbons (Fsp3) is 0.222. The van der Waals surface area contributed by atoms with Gasteiger partial charge in [-0.15, -0.1) is 0 Å². The van der Waals surface area contributed by atoms with Crippen LogP contribution in [0.2, 0.25) is 0 Å². The zero-order valence-corrected chi connectivity index (χ0v) is 20.8. The summed E-state index contributed by atoms with van der Waals surface area (Å²) >= 11 is 0. The highest BCUT2D eigenvalue weighted by Gasteiger charge is 2.25. The number of hydrogen-bond donors (Lipinski definition) is 2. The normalized spacial score (nSPS) is 11.5. The quantitative estimate of drug-likeness (QED) is 0.331. The number of pyridine rings is 2. The molecule has 4 rings (SSSR count). The highest BCUT2D eigenvalue weighted by atomic mass is 19.1. The van der Waals surface area contributed by atoms with Gasteiger partial charge in [0.2, 0.25) is 0 Å². The lowest BCUT2D eigenvalue weighted by Crippen LogP contribution is -2.26. The summed E-state index contributed by atoms with van der Waals surface area (Å²) in [4.78, 5) is 29.6. The van der Waals surface area contributed by atoms with E-state index in [1.165, 1.54) is 38.6 Å². The molecule has 194 valence electrons. The molecule has 0 spiro atoms. The number of aromatic nitrogens is 4. The Kier molecular flexibility index (Phi) is 8.25. The minimum atomic E-state index is -0.708. The number of nitriles is 1. The van der Waals surface area contributed by atoms with Gasteiger partial charge in [-0.1, -0.05) is 12.1 Å². The molecule has 0 saturated heterocycles. The van der Waals surface area contributed by atoms with Crippen LogP contribution in [0.25, 0.3) is 0 Å². The first kappa shape index (κ1) is 26.2. The number of methoxy groups -OCH3 is 2. The van der Waals surface area contributed by atoms with Gasteiger partial charge in [0.05, 0.1) is 54.8 Å². The summed E-state index contributed by atoms with van der Waals surface area (Å²) in [5.74, 6) is -1.67. The number of nitrogens with zero attached hydrogens (tertiary/aromatic N) is 4. The summed E-state index contributed by atoms with van der Waals surface area (Å²) in [6.45, 7) is 0.309. The number of aromatic amines is 1.